The lowest BCUT2D eigenvalue weighted by molar-refractivity contribution is 0.318. The number of nitrogens with two attached hydrogens (primary N) is 1. The van der Waals surface area contributed by atoms with E-state index in [4.69, 9.17) is 15.7 Å². The van der Waals surface area contributed by atoms with Crippen molar-refractivity contribution in [3.05, 3.63) is 53.7 Å². The highest BCUT2D eigenvalue weighted by Crippen LogP contribution is 2.20. The number of ether oxygens (including phenoxy) is 1. The third kappa shape index (κ3) is 3.22. The van der Waals surface area contributed by atoms with Crippen LogP contribution in [0.4, 0.5) is 0 Å². The van der Waals surface area contributed by atoms with Crippen LogP contribution in [0.3, 0.4) is 0 Å². The monoisotopic (exact) mass is 257 g/mol. The second kappa shape index (κ2) is 5.86. The summed E-state index contributed by atoms with van der Waals surface area (Å²) in [5.41, 5.74) is 7.04. The van der Waals surface area contributed by atoms with E-state index in [9.17, 15) is 0 Å². The van der Waals surface area contributed by atoms with Gasteiger partial charge in [0.25, 0.3) is 0 Å². The normalized spacial score (nSPS) is 11.3. The number of oxime groups is 1. The average molecular weight is 257 g/mol. The summed E-state index contributed by atoms with van der Waals surface area (Å²) < 4.78 is 5.65. The molecule has 19 heavy (non-hydrogen) atoms. The van der Waals surface area contributed by atoms with Crippen molar-refractivity contribution >= 4 is 5.84 Å². The van der Waals surface area contributed by atoms with E-state index in [0.717, 1.165) is 6.42 Å². The van der Waals surface area contributed by atoms with E-state index in [1.807, 2.05) is 24.3 Å². The van der Waals surface area contributed by atoms with Crippen LogP contribution in [0, 0.1) is 0 Å². The Bertz CT molecular complexity index is 597. The molecule has 5 nitrogen and oxygen atoms in total. The summed E-state index contributed by atoms with van der Waals surface area (Å²) in [6, 6.07) is 12.9. The summed E-state index contributed by atoms with van der Waals surface area (Å²) in [6.07, 6.45) is 0.939. The number of rotatable bonds is 4. The first kappa shape index (κ1) is 12.9. The van der Waals surface area contributed by atoms with Crippen molar-refractivity contribution in [2.75, 3.05) is 0 Å². The van der Waals surface area contributed by atoms with E-state index in [2.05, 4.69) is 17.1 Å². The van der Waals surface area contributed by atoms with Crippen LogP contribution in [0.2, 0.25) is 0 Å². The van der Waals surface area contributed by atoms with Gasteiger partial charge in [-0.05, 0) is 30.2 Å². The van der Waals surface area contributed by atoms with Crippen LogP contribution in [0.15, 0.2) is 47.6 Å². The van der Waals surface area contributed by atoms with Gasteiger partial charge >= 0.3 is 0 Å². The molecule has 1 heterocycles. The van der Waals surface area contributed by atoms with Crippen LogP contribution in [0.5, 0.6) is 11.6 Å². The predicted octanol–water partition coefficient (Wildman–Crippen LogP) is 2.53. The van der Waals surface area contributed by atoms with E-state index in [1.54, 1.807) is 18.2 Å². The Kier molecular flexibility index (Phi) is 3.97. The first-order valence-corrected chi connectivity index (χ1v) is 5.94. The molecule has 0 aliphatic heterocycles. The number of benzene rings is 1. The van der Waals surface area contributed by atoms with E-state index < -0.39 is 0 Å². The van der Waals surface area contributed by atoms with Crippen molar-refractivity contribution in [1.29, 1.82) is 0 Å². The molecule has 1 aromatic carbocycles. The van der Waals surface area contributed by atoms with Crippen molar-refractivity contribution in [2.24, 2.45) is 10.9 Å². The largest absolute Gasteiger partial charge is 0.439 e. The highest BCUT2D eigenvalue weighted by molar-refractivity contribution is 5.95. The highest BCUT2D eigenvalue weighted by Gasteiger charge is 2.04. The van der Waals surface area contributed by atoms with E-state index in [0.29, 0.717) is 17.3 Å². The van der Waals surface area contributed by atoms with Crippen LogP contribution >= 0.6 is 0 Å². The standard InChI is InChI=1S/C14H15N3O2/c1-2-10-5-3-6-11(9-10)19-13-8-4-7-12(16-13)14(15)17-18/h3-9,18H,2H2,1H3,(H2,15,17). The molecule has 1 aromatic heterocycles. The Balaban J connectivity index is 2.23. The number of hydrogen-bond donors (Lipinski definition) is 2. The van der Waals surface area contributed by atoms with Crippen molar-refractivity contribution < 1.29 is 9.94 Å². The third-order valence-corrected chi connectivity index (χ3v) is 2.62. The van der Waals surface area contributed by atoms with Crippen molar-refractivity contribution in [2.45, 2.75) is 13.3 Å². The third-order valence-electron chi connectivity index (χ3n) is 2.62. The smallest absolute Gasteiger partial charge is 0.219 e. The van der Waals surface area contributed by atoms with E-state index in [1.165, 1.54) is 5.56 Å². The molecule has 0 radical (unpaired) electrons. The molecule has 0 unspecified atom stereocenters. The summed E-state index contributed by atoms with van der Waals surface area (Å²) in [6.45, 7) is 2.08. The molecule has 0 aliphatic rings. The maximum absolute atomic E-state index is 8.62. The van der Waals surface area contributed by atoms with Crippen molar-refractivity contribution in [3.63, 3.8) is 0 Å². The lowest BCUT2D eigenvalue weighted by Crippen LogP contribution is -2.14. The fourth-order valence-corrected chi connectivity index (χ4v) is 1.62. The van der Waals surface area contributed by atoms with Gasteiger partial charge in [0.2, 0.25) is 5.88 Å². The Morgan fingerprint density at radius 1 is 1.32 bits per heavy atom. The Morgan fingerprint density at radius 2 is 2.11 bits per heavy atom. The molecular formula is C14H15N3O2. The summed E-state index contributed by atoms with van der Waals surface area (Å²) in [4.78, 5) is 4.16. The first-order valence-electron chi connectivity index (χ1n) is 5.94. The van der Waals surface area contributed by atoms with Gasteiger partial charge in [0.05, 0.1) is 0 Å². The summed E-state index contributed by atoms with van der Waals surface area (Å²) in [7, 11) is 0. The van der Waals surface area contributed by atoms with Gasteiger partial charge in [-0.1, -0.05) is 30.3 Å². The molecule has 2 rings (SSSR count). The van der Waals surface area contributed by atoms with Gasteiger partial charge in [0, 0.05) is 6.07 Å². The summed E-state index contributed by atoms with van der Waals surface area (Å²) >= 11 is 0. The van der Waals surface area contributed by atoms with Crippen molar-refractivity contribution in [1.82, 2.24) is 4.98 Å². The zero-order chi connectivity index (χ0) is 13.7. The molecule has 98 valence electrons. The zero-order valence-corrected chi connectivity index (χ0v) is 10.6. The molecular weight excluding hydrogens is 242 g/mol. The van der Waals surface area contributed by atoms with Gasteiger partial charge in [-0.2, -0.15) is 0 Å². The number of nitrogens with zero attached hydrogens (tertiary/aromatic N) is 2. The minimum atomic E-state index is -0.0484. The molecule has 0 saturated carbocycles. The van der Waals surface area contributed by atoms with Crippen molar-refractivity contribution in [3.8, 4) is 11.6 Å². The van der Waals surface area contributed by atoms with Gasteiger partial charge in [-0.25, -0.2) is 4.98 Å². The molecule has 2 aromatic rings. The van der Waals surface area contributed by atoms with Gasteiger partial charge in [0.1, 0.15) is 11.4 Å². The number of hydrogen-bond acceptors (Lipinski definition) is 4. The van der Waals surface area contributed by atoms with E-state index in [-0.39, 0.29) is 5.84 Å². The molecule has 0 spiro atoms. The second-order valence-corrected chi connectivity index (χ2v) is 3.95. The molecule has 0 atom stereocenters. The topological polar surface area (TPSA) is 80.7 Å². The molecule has 0 saturated heterocycles. The Hall–Kier alpha value is -2.56. The number of amidine groups is 1. The SMILES string of the molecule is CCc1cccc(Oc2cccc(C(N)=NO)n2)c1. The minimum Gasteiger partial charge on any atom is -0.439 e. The number of aromatic nitrogens is 1. The molecule has 0 fully saturated rings. The van der Waals surface area contributed by atoms with E-state index >= 15 is 0 Å². The first-order chi connectivity index (χ1) is 9.22. The quantitative estimate of drug-likeness (QED) is 0.381. The fraction of sp³-hybridized carbons (Fsp3) is 0.143. The van der Waals surface area contributed by atoms with Gasteiger partial charge in [-0.15, -0.1) is 0 Å². The van der Waals surface area contributed by atoms with Gasteiger partial charge < -0.3 is 15.7 Å². The maximum atomic E-state index is 8.62. The minimum absolute atomic E-state index is 0.0484. The Labute approximate surface area is 111 Å². The Morgan fingerprint density at radius 3 is 2.84 bits per heavy atom. The maximum Gasteiger partial charge on any atom is 0.219 e. The summed E-state index contributed by atoms with van der Waals surface area (Å²) in [5.74, 6) is 1.06. The lowest BCUT2D eigenvalue weighted by Gasteiger charge is -2.07. The van der Waals surface area contributed by atoms with Crippen LogP contribution in [-0.2, 0) is 6.42 Å². The second-order valence-electron chi connectivity index (χ2n) is 3.95. The van der Waals surface area contributed by atoms with Crippen LogP contribution < -0.4 is 10.5 Å². The van der Waals surface area contributed by atoms with Crippen LogP contribution in [-0.4, -0.2) is 16.0 Å². The van der Waals surface area contributed by atoms with Gasteiger partial charge in [-0.3, -0.25) is 0 Å². The highest BCUT2D eigenvalue weighted by atomic mass is 16.5. The zero-order valence-electron chi connectivity index (χ0n) is 10.6. The molecule has 5 heteroatoms. The van der Waals surface area contributed by atoms with Gasteiger partial charge in [0.15, 0.2) is 5.84 Å². The number of aryl methyl sites for hydroxylation is 1. The predicted molar refractivity (Wildman–Crippen MR) is 72.6 cm³/mol. The van der Waals surface area contributed by atoms with Crippen LogP contribution in [0.25, 0.3) is 0 Å². The number of pyridine rings is 1. The fourth-order valence-electron chi connectivity index (χ4n) is 1.62. The molecule has 0 bridgehead atoms. The molecule has 0 amide bonds. The molecule has 3 N–H and O–H groups in total. The average Bonchev–Trinajstić information content (AvgIpc) is 2.47. The van der Waals surface area contributed by atoms with Crippen LogP contribution in [0.1, 0.15) is 18.2 Å². The molecule has 0 aliphatic carbocycles. The lowest BCUT2D eigenvalue weighted by atomic mass is 10.2. The summed E-state index contributed by atoms with van der Waals surface area (Å²) in [5, 5.41) is 11.5.